The van der Waals surface area contributed by atoms with Gasteiger partial charge in [0.05, 0.1) is 18.6 Å². The van der Waals surface area contributed by atoms with E-state index < -0.39 is 21.3 Å². The molecule has 0 aliphatic carbocycles. The van der Waals surface area contributed by atoms with E-state index >= 15 is 0 Å². The summed E-state index contributed by atoms with van der Waals surface area (Å²) >= 11 is 13.1. The number of imide groups is 1. The van der Waals surface area contributed by atoms with Gasteiger partial charge >= 0.3 is 10.1 Å². The second-order valence-electron chi connectivity index (χ2n) is 8.09. The first-order valence-electron chi connectivity index (χ1n) is 11.2. The van der Waals surface area contributed by atoms with Crippen LogP contribution in [0.4, 0.5) is 10.5 Å². The van der Waals surface area contributed by atoms with E-state index in [2.05, 4.69) is 5.32 Å². The summed E-state index contributed by atoms with van der Waals surface area (Å²) in [7, 11) is -3.02. The second kappa shape index (κ2) is 11.7. The Balaban J connectivity index is 1.65. The molecule has 0 aromatic heterocycles. The normalized spacial score (nSPS) is 14.6. The van der Waals surface area contributed by atoms with Gasteiger partial charge in [-0.05, 0) is 60.3 Å². The molecular weight excluding hydrogens is 587 g/mol. The molecule has 0 bridgehead atoms. The van der Waals surface area contributed by atoms with Crippen LogP contribution in [0, 0.1) is 0 Å². The summed E-state index contributed by atoms with van der Waals surface area (Å²) in [6, 6.07) is 14.8. The van der Waals surface area contributed by atoms with E-state index in [1.165, 1.54) is 56.5 Å². The molecule has 0 radical (unpaired) electrons. The maximum atomic E-state index is 13.1. The van der Waals surface area contributed by atoms with Gasteiger partial charge in [0, 0.05) is 33.8 Å². The number of nitrogens with one attached hydrogen (secondary N) is 1. The number of thioether (sulfide) groups is 1. The van der Waals surface area contributed by atoms with Gasteiger partial charge in [0.2, 0.25) is 5.91 Å². The van der Waals surface area contributed by atoms with E-state index in [-0.39, 0.29) is 39.3 Å². The Kier molecular flexibility index (Phi) is 8.55. The van der Waals surface area contributed by atoms with Crippen molar-refractivity contribution in [1.29, 1.82) is 0 Å². The van der Waals surface area contributed by atoms with Crippen LogP contribution >= 0.6 is 35.0 Å². The average molecular weight is 607 g/mol. The second-order valence-corrected chi connectivity index (χ2v) is 11.4. The van der Waals surface area contributed by atoms with Crippen molar-refractivity contribution in [3.05, 3.63) is 86.7 Å². The van der Waals surface area contributed by atoms with Crippen LogP contribution in [0.25, 0.3) is 6.08 Å². The van der Waals surface area contributed by atoms with E-state index in [1.54, 1.807) is 24.3 Å². The van der Waals surface area contributed by atoms with Gasteiger partial charge in [-0.2, -0.15) is 8.42 Å². The Morgan fingerprint density at radius 2 is 1.67 bits per heavy atom. The van der Waals surface area contributed by atoms with E-state index in [4.69, 9.17) is 32.1 Å². The quantitative estimate of drug-likeness (QED) is 0.246. The zero-order chi connectivity index (χ0) is 28.3. The summed E-state index contributed by atoms with van der Waals surface area (Å²) in [5, 5.41) is 2.63. The van der Waals surface area contributed by atoms with Crippen LogP contribution < -0.4 is 14.2 Å². The molecule has 0 spiro atoms. The van der Waals surface area contributed by atoms with E-state index in [1.807, 2.05) is 0 Å². The Labute approximate surface area is 238 Å². The molecule has 9 nitrogen and oxygen atoms in total. The largest absolute Gasteiger partial charge is 0.493 e. The number of carbonyl (C=O) groups is 3. The summed E-state index contributed by atoms with van der Waals surface area (Å²) in [5.41, 5.74) is 1.02. The highest BCUT2D eigenvalue weighted by Crippen LogP contribution is 2.40. The molecule has 1 aliphatic heterocycles. The Bertz CT molecular complexity index is 1590. The summed E-state index contributed by atoms with van der Waals surface area (Å²) in [6.45, 7) is 1.20. The minimum Gasteiger partial charge on any atom is -0.493 e. The fraction of sp³-hybridized carbons (Fsp3) is 0.115. The third kappa shape index (κ3) is 6.39. The molecule has 1 heterocycles. The Morgan fingerprint density at radius 3 is 2.28 bits per heavy atom. The number of halogens is 2. The number of anilines is 1. The monoisotopic (exact) mass is 606 g/mol. The standard InChI is InChI=1S/C26H20Cl2N2O7S2/c1-15(31)29-17-9-11-18(12-10-17)39(34,35)37-24-16(5-3-8-22(24)36-2)13-23-25(32)30(26(33)38-23)14-19-20(27)6-4-7-21(19)28/h3-13H,14H2,1-2H3,(H,29,31)/b23-13-. The molecule has 4 rings (SSSR count). The number of para-hydroxylation sites is 1. The Hall–Kier alpha value is -3.51. The van der Waals surface area contributed by atoms with Gasteiger partial charge in [-0.3, -0.25) is 19.3 Å². The number of hydrogen-bond acceptors (Lipinski definition) is 8. The molecule has 3 aromatic rings. The highest BCUT2D eigenvalue weighted by atomic mass is 35.5. The lowest BCUT2D eigenvalue weighted by atomic mass is 10.1. The maximum Gasteiger partial charge on any atom is 0.339 e. The average Bonchev–Trinajstić information content (AvgIpc) is 3.14. The van der Waals surface area contributed by atoms with Crippen molar-refractivity contribution in [2.45, 2.75) is 18.4 Å². The minimum absolute atomic E-state index is 0.0401. The van der Waals surface area contributed by atoms with E-state index in [9.17, 15) is 22.8 Å². The predicted octanol–water partition coefficient (Wildman–Crippen LogP) is 5.96. The van der Waals surface area contributed by atoms with Gasteiger partial charge in [-0.1, -0.05) is 41.4 Å². The number of amides is 3. The molecule has 3 aromatic carbocycles. The first kappa shape index (κ1) is 28.5. The van der Waals surface area contributed by atoms with Crippen LogP contribution in [0.1, 0.15) is 18.1 Å². The first-order chi connectivity index (χ1) is 18.5. The zero-order valence-corrected chi connectivity index (χ0v) is 23.6. The third-order valence-corrected chi connectivity index (χ3v) is 8.27. The number of hydrogen-bond donors (Lipinski definition) is 1. The van der Waals surface area contributed by atoms with Crippen molar-refractivity contribution in [3.63, 3.8) is 0 Å². The molecule has 202 valence electrons. The topological polar surface area (TPSA) is 119 Å². The molecule has 0 saturated carbocycles. The van der Waals surface area contributed by atoms with Crippen LogP contribution in [-0.2, 0) is 26.3 Å². The SMILES string of the molecule is COc1cccc(/C=C2\SC(=O)N(Cc3c(Cl)cccc3Cl)C2=O)c1OS(=O)(=O)c1ccc(NC(C)=O)cc1. The fourth-order valence-electron chi connectivity index (χ4n) is 3.58. The number of carbonyl (C=O) groups excluding carboxylic acids is 3. The van der Waals surface area contributed by atoms with Gasteiger partial charge in [0.25, 0.3) is 11.1 Å². The van der Waals surface area contributed by atoms with Crippen LogP contribution in [0.15, 0.2) is 70.5 Å². The molecule has 39 heavy (non-hydrogen) atoms. The van der Waals surface area contributed by atoms with Crippen LogP contribution in [-0.4, -0.2) is 37.5 Å². The fourth-order valence-corrected chi connectivity index (χ4v) is 5.89. The molecule has 0 unspecified atom stereocenters. The maximum absolute atomic E-state index is 13.1. The number of rotatable bonds is 8. The predicted molar refractivity (Wildman–Crippen MR) is 150 cm³/mol. The highest BCUT2D eigenvalue weighted by Gasteiger charge is 2.36. The molecule has 0 atom stereocenters. The lowest BCUT2D eigenvalue weighted by Gasteiger charge is -2.15. The van der Waals surface area contributed by atoms with Gasteiger partial charge < -0.3 is 14.2 Å². The number of benzene rings is 3. The van der Waals surface area contributed by atoms with Crippen LogP contribution in [0.3, 0.4) is 0 Å². The van der Waals surface area contributed by atoms with Crippen molar-refractivity contribution in [3.8, 4) is 11.5 Å². The third-order valence-electron chi connectivity index (χ3n) is 5.42. The van der Waals surface area contributed by atoms with Crippen molar-refractivity contribution in [1.82, 2.24) is 4.90 Å². The highest BCUT2D eigenvalue weighted by molar-refractivity contribution is 8.18. The lowest BCUT2D eigenvalue weighted by molar-refractivity contribution is -0.123. The van der Waals surface area contributed by atoms with Crippen molar-refractivity contribution >= 4 is 73.9 Å². The molecule has 1 N–H and O–H groups in total. The van der Waals surface area contributed by atoms with Crippen LogP contribution in [0.5, 0.6) is 11.5 Å². The lowest BCUT2D eigenvalue weighted by Crippen LogP contribution is -2.27. The van der Waals surface area contributed by atoms with Crippen molar-refractivity contribution in [2.75, 3.05) is 12.4 Å². The first-order valence-corrected chi connectivity index (χ1v) is 14.2. The summed E-state index contributed by atoms with van der Waals surface area (Å²) in [6.07, 6.45) is 1.35. The molecule has 1 saturated heterocycles. The summed E-state index contributed by atoms with van der Waals surface area (Å²) < 4.78 is 36.9. The van der Waals surface area contributed by atoms with Gasteiger partial charge in [0.15, 0.2) is 11.5 Å². The Morgan fingerprint density at radius 1 is 1.03 bits per heavy atom. The number of nitrogens with zero attached hydrogens (tertiary/aromatic N) is 1. The molecule has 13 heteroatoms. The van der Waals surface area contributed by atoms with Crippen molar-refractivity contribution < 1.29 is 31.7 Å². The van der Waals surface area contributed by atoms with Crippen molar-refractivity contribution in [2.24, 2.45) is 0 Å². The summed E-state index contributed by atoms with van der Waals surface area (Å²) in [4.78, 5) is 37.9. The van der Waals surface area contributed by atoms with Crippen LogP contribution in [0.2, 0.25) is 10.0 Å². The van der Waals surface area contributed by atoms with E-state index in [0.29, 0.717) is 33.1 Å². The molecule has 1 aliphatic rings. The molecular formula is C26H20Cl2N2O7S2. The van der Waals surface area contributed by atoms with Gasteiger partial charge in [-0.25, -0.2) is 0 Å². The smallest absolute Gasteiger partial charge is 0.339 e. The van der Waals surface area contributed by atoms with E-state index in [0.717, 1.165) is 4.90 Å². The molecule has 3 amide bonds. The summed E-state index contributed by atoms with van der Waals surface area (Å²) in [5.74, 6) is -0.998. The van der Waals surface area contributed by atoms with Gasteiger partial charge in [-0.15, -0.1) is 0 Å². The minimum atomic E-state index is -4.35. The number of methoxy groups -OCH3 is 1. The zero-order valence-electron chi connectivity index (χ0n) is 20.4. The molecule has 1 fully saturated rings. The number of ether oxygens (including phenoxy) is 1. The van der Waals surface area contributed by atoms with Gasteiger partial charge in [0.1, 0.15) is 4.90 Å².